The molecule has 0 amide bonds. The first kappa shape index (κ1) is 13.4. The quantitative estimate of drug-likeness (QED) is 0.771. The summed E-state index contributed by atoms with van der Waals surface area (Å²) in [5, 5.41) is 3.44. The minimum absolute atomic E-state index is 0.978. The lowest BCUT2D eigenvalue weighted by Crippen LogP contribution is -2.36. The van der Waals surface area contributed by atoms with Crippen molar-refractivity contribution in [1.82, 2.24) is 5.32 Å². The molecule has 0 heterocycles. The molecule has 3 unspecified atom stereocenters. The first-order valence-electron chi connectivity index (χ1n) is 7.99. The van der Waals surface area contributed by atoms with E-state index >= 15 is 0 Å². The molecule has 0 aromatic heterocycles. The normalized spacial score (nSPS) is 36.0. The fraction of sp³-hybridized carbons (Fsp3) is 1.00. The van der Waals surface area contributed by atoms with Crippen LogP contribution in [0.4, 0.5) is 0 Å². The zero-order valence-corrected chi connectivity index (χ0v) is 11.9. The lowest BCUT2D eigenvalue weighted by atomic mass is 9.65. The van der Waals surface area contributed by atoms with Crippen LogP contribution in [0.3, 0.4) is 0 Å². The van der Waals surface area contributed by atoms with Crippen LogP contribution >= 0.6 is 0 Å². The van der Waals surface area contributed by atoms with Crippen molar-refractivity contribution in [2.24, 2.45) is 23.7 Å². The van der Waals surface area contributed by atoms with Gasteiger partial charge in [-0.05, 0) is 50.1 Å². The van der Waals surface area contributed by atoms with Gasteiger partial charge in [-0.1, -0.05) is 51.9 Å². The van der Waals surface area contributed by atoms with E-state index in [0.717, 1.165) is 23.7 Å². The van der Waals surface area contributed by atoms with Crippen LogP contribution in [0.25, 0.3) is 0 Å². The van der Waals surface area contributed by atoms with Gasteiger partial charge in [-0.3, -0.25) is 0 Å². The van der Waals surface area contributed by atoms with E-state index in [1.165, 1.54) is 64.3 Å². The Morgan fingerprint density at radius 2 is 1.76 bits per heavy atom. The first-order valence-corrected chi connectivity index (χ1v) is 7.99. The fourth-order valence-electron chi connectivity index (χ4n) is 4.39. The monoisotopic (exact) mass is 237 g/mol. The van der Waals surface area contributed by atoms with Gasteiger partial charge in [0.1, 0.15) is 0 Å². The average molecular weight is 237 g/mol. The van der Waals surface area contributed by atoms with Gasteiger partial charge >= 0.3 is 0 Å². The van der Waals surface area contributed by atoms with E-state index in [1.54, 1.807) is 0 Å². The van der Waals surface area contributed by atoms with Crippen LogP contribution in [0.5, 0.6) is 0 Å². The Morgan fingerprint density at radius 3 is 2.41 bits per heavy atom. The number of hydrogen-bond acceptors (Lipinski definition) is 1. The molecule has 2 aliphatic rings. The van der Waals surface area contributed by atoms with Crippen LogP contribution < -0.4 is 5.32 Å². The SMILES string of the molecule is CCC1CCC(CNC)C(C2CCCCC2)C1. The van der Waals surface area contributed by atoms with Crippen LogP contribution in [-0.2, 0) is 0 Å². The molecule has 2 rings (SSSR count). The molecular formula is C16H31N. The zero-order valence-electron chi connectivity index (χ0n) is 11.9. The van der Waals surface area contributed by atoms with Crippen molar-refractivity contribution >= 4 is 0 Å². The van der Waals surface area contributed by atoms with E-state index in [0.29, 0.717) is 0 Å². The van der Waals surface area contributed by atoms with Crippen molar-refractivity contribution in [1.29, 1.82) is 0 Å². The molecule has 0 aromatic rings. The predicted octanol–water partition coefficient (Wildman–Crippen LogP) is 4.23. The minimum atomic E-state index is 0.978. The average Bonchev–Trinajstić information content (AvgIpc) is 2.40. The van der Waals surface area contributed by atoms with Crippen LogP contribution in [0.15, 0.2) is 0 Å². The van der Waals surface area contributed by atoms with Gasteiger partial charge in [-0.25, -0.2) is 0 Å². The second-order valence-electron chi connectivity index (χ2n) is 6.47. The predicted molar refractivity (Wildman–Crippen MR) is 75.1 cm³/mol. The Labute approximate surface area is 108 Å². The first-order chi connectivity index (χ1) is 8.35. The van der Waals surface area contributed by atoms with E-state index in [1.807, 2.05) is 0 Å². The molecule has 0 aliphatic heterocycles. The zero-order chi connectivity index (χ0) is 12.1. The lowest BCUT2D eigenvalue weighted by molar-refractivity contribution is 0.0948. The maximum Gasteiger partial charge on any atom is -0.00208 e. The van der Waals surface area contributed by atoms with E-state index in [-0.39, 0.29) is 0 Å². The third-order valence-corrected chi connectivity index (χ3v) is 5.46. The molecule has 1 nitrogen and oxygen atoms in total. The van der Waals surface area contributed by atoms with Crippen molar-refractivity contribution in [2.75, 3.05) is 13.6 Å². The largest absolute Gasteiger partial charge is 0.319 e. The topological polar surface area (TPSA) is 12.0 Å². The Hall–Kier alpha value is -0.0400. The van der Waals surface area contributed by atoms with Crippen LogP contribution in [0.1, 0.15) is 64.7 Å². The Balaban J connectivity index is 1.96. The summed E-state index contributed by atoms with van der Waals surface area (Å²) in [5.41, 5.74) is 0. The highest BCUT2D eigenvalue weighted by atomic mass is 14.8. The highest BCUT2D eigenvalue weighted by Crippen LogP contribution is 2.44. The van der Waals surface area contributed by atoms with Crippen molar-refractivity contribution in [2.45, 2.75) is 64.7 Å². The molecule has 17 heavy (non-hydrogen) atoms. The van der Waals surface area contributed by atoms with Crippen molar-refractivity contribution in [3.8, 4) is 0 Å². The second-order valence-corrected chi connectivity index (χ2v) is 6.47. The van der Waals surface area contributed by atoms with Crippen molar-refractivity contribution < 1.29 is 0 Å². The molecule has 0 aromatic carbocycles. The minimum Gasteiger partial charge on any atom is -0.319 e. The van der Waals surface area contributed by atoms with E-state index < -0.39 is 0 Å². The molecular weight excluding hydrogens is 206 g/mol. The van der Waals surface area contributed by atoms with Gasteiger partial charge in [0, 0.05) is 0 Å². The molecule has 0 bridgehead atoms. The van der Waals surface area contributed by atoms with Gasteiger partial charge in [0.2, 0.25) is 0 Å². The standard InChI is InChI=1S/C16H31N/c1-3-13-9-10-15(12-17-2)16(11-13)14-7-5-4-6-8-14/h13-17H,3-12H2,1-2H3. The molecule has 100 valence electrons. The summed E-state index contributed by atoms with van der Waals surface area (Å²) in [6.45, 7) is 3.65. The number of hydrogen-bond donors (Lipinski definition) is 1. The molecule has 1 N–H and O–H groups in total. The number of rotatable bonds is 4. The summed E-state index contributed by atoms with van der Waals surface area (Å²) >= 11 is 0. The Bertz CT molecular complexity index is 203. The van der Waals surface area contributed by atoms with E-state index in [9.17, 15) is 0 Å². The highest BCUT2D eigenvalue weighted by molar-refractivity contribution is 4.86. The lowest BCUT2D eigenvalue weighted by Gasteiger charge is -2.42. The maximum atomic E-state index is 3.44. The van der Waals surface area contributed by atoms with Gasteiger partial charge in [0.15, 0.2) is 0 Å². The van der Waals surface area contributed by atoms with Gasteiger partial charge in [-0.15, -0.1) is 0 Å². The Morgan fingerprint density at radius 1 is 1.00 bits per heavy atom. The smallest absolute Gasteiger partial charge is 0.00208 e. The summed E-state index contributed by atoms with van der Waals surface area (Å²) in [5.74, 6) is 4.12. The van der Waals surface area contributed by atoms with Gasteiger partial charge in [-0.2, -0.15) is 0 Å². The summed E-state index contributed by atoms with van der Waals surface area (Å²) < 4.78 is 0. The molecule has 0 radical (unpaired) electrons. The van der Waals surface area contributed by atoms with Crippen molar-refractivity contribution in [3.05, 3.63) is 0 Å². The Kier molecular flexibility index (Phi) is 5.34. The second kappa shape index (κ2) is 6.78. The van der Waals surface area contributed by atoms with Crippen molar-refractivity contribution in [3.63, 3.8) is 0 Å². The number of nitrogens with one attached hydrogen (secondary N) is 1. The maximum absolute atomic E-state index is 3.44. The molecule has 2 fully saturated rings. The molecule has 2 saturated carbocycles. The molecule has 2 aliphatic carbocycles. The molecule has 1 heteroatoms. The van der Waals surface area contributed by atoms with Gasteiger partial charge in [0.25, 0.3) is 0 Å². The van der Waals surface area contributed by atoms with Crippen LogP contribution in [0, 0.1) is 23.7 Å². The van der Waals surface area contributed by atoms with E-state index in [4.69, 9.17) is 0 Å². The van der Waals surface area contributed by atoms with Gasteiger partial charge in [0.05, 0.1) is 0 Å². The summed E-state index contributed by atoms with van der Waals surface area (Å²) in [6.07, 6.45) is 13.5. The van der Waals surface area contributed by atoms with Crippen LogP contribution in [0.2, 0.25) is 0 Å². The third-order valence-electron chi connectivity index (χ3n) is 5.46. The summed E-state index contributed by atoms with van der Waals surface area (Å²) in [7, 11) is 2.13. The molecule has 0 spiro atoms. The highest BCUT2D eigenvalue weighted by Gasteiger charge is 2.34. The van der Waals surface area contributed by atoms with E-state index in [2.05, 4.69) is 19.3 Å². The molecule has 3 atom stereocenters. The third kappa shape index (κ3) is 3.47. The summed E-state index contributed by atoms with van der Waals surface area (Å²) in [6, 6.07) is 0. The van der Waals surface area contributed by atoms with Gasteiger partial charge < -0.3 is 5.32 Å². The van der Waals surface area contributed by atoms with Crippen LogP contribution in [-0.4, -0.2) is 13.6 Å². The summed E-state index contributed by atoms with van der Waals surface area (Å²) in [4.78, 5) is 0. The fourth-order valence-corrected chi connectivity index (χ4v) is 4.39. The molecule has 0 saturated heterocycles.